The van der Waals surface area contributed by atoms with E-state index >= 15 is 0 Å². The molecule has 0 spiro atoms. The van der Waals surface area contributed by atoms with E-state index < -0.39 is 5.54 Å². The molecule has 1 aromatic heterocycles. The number of benzene rings is 1. The van der Waals surface area contributed by atoms with Gasteiger partial charge in [0, 0.05) is 24.3 Å². The van der Waals surface area contributed by atoms with Crippen LogP contribution in [0.15, 0.2) is 30.3 Å². The van der Waals surface area contributed by atoms with Crippen LogP contribution < -0.4 is 5.32 Å². The van der Waals surface area contributed by atoms with Crippen LogP contribution in [0.3, 0.4) is 0 Å². The second-order valence-electron chi connectivity index (χ2n) is 9.65. The number of nitrogens with one attached hydrogen (secondary N) is 2. The average molecular weight is 474 g/mol. The van der Waals surface area contributed by atoms with Crippen molar-refractivity contribution in [1.82, 2.24) is 25.3 Å². The van der Waals surface area contributed by atoms with Gasteiger partial charge in [0.1, 0.15) is 5.54 Å². The van der Waals surface area contributed by atoms with Crippen LogP contribution in [-0.2, 0) is 24.1 Å². The molecule has 0 unspecified atom stereocenters. The summed E-state index contributed by atoms with van der Waals surface area (Å²) in [7, 11) is 0. The lowest BCUT2D eigenvalue weighted by atomic mass is 9.74. The second-order valence-corrected chi connectivity index (χ2v) is 9.65. The molecule has 2 aromatic rings. The predicted molar refractivity (Wildman–Crippen MR) is 130 cm³/mol. The summed E-state index contributed by atoms with van der Waals surface area (Å²) in [5, 5.41) is 10.4. The van der Waals surface area contributed by atoms with Gasteiger partial charge in [-0.15, -0.1) is 5.92 Å². The number of aromatic amines is 1. The van der Waals surface area contributed by atoms with E-state index in [1.54, 1.807) is 6.92 Å². The number of carbonyl (C=O) groups is 3. The molecule has 0 bridgehead atoms. The zero-order valence-electron chi connectivity index (χ0n) is 20.1. The summed E-state index contributed by atoms with van der Waals surface area (Å²) in [6, 6.07) is 9.63. The molecule has 2 N–H and O–H groups in total. The first kappa shape index (κ1) is 23.2. The van der Waals surface area contributed by atoms with E-state index in [9.17, 15) is 14.4 Å². The first-order valence-electron chi connectivity index (χ1n) is 12.5. The van der Waals surface area contributed by atoms with Crippen LogP contribution in [0.5, 0.6) is 0 Å². The maximum absolute atomic E-state index is 13.7. The molecule has 5 rings (SSSR count). The van der Waals surface area contributed by atoms with Gasteiger partial charge in [0.2, 0.25) is 0 Å². The molecule has 0 saturated carbocycles. The average Bonchev–Trinajstić information content (AvgIpc) is 3.57. The third-order valence-corrected chi connectivity index (χ3v) is 7.75. The van der Waals surface area contributed by atoms with Gasteiger partial charge in [-0.3, -0.25) is 19.6 Å². The van der Waals surface area contributed by atoms with Crippen LogP contribution >= 0.6 is 0 Å². The number of carbonyl (C=O) groups excluding carboxylic acids is 3. The Balaban J connectivity index is 1.33. The normalized spacial score (nSPS) is 22.1. The SMILES string of the molecule is CC#CCN1C(=O)N[C@@](CCc2ccccc2)(C2CCN(C(=O)c3n[nH]c4c3CCC4)CC2)C1=O. The molecule has 35 heavy (non-hydrogen) atoms. The van der Waals surface area contributed by atoms with Crippen LogP contribution in [0, 0.1) is 17.8 Å². The second kappa shape index (κ2) is 9.57. The number of rotatable bonds is 6. The first-order valence-corrected chi connectivity index (χ1v) is 12.5. The highest BCUT2D eigenvalue weighted by Crippen LogP contribution is 2.37. The zero-order valence-corrected chi connectivity index (χ0v) is 20.1. The Labute approximate surface area is 205 Å². The van der Waals surface area contributed by atoms with Gasteiger partial charge in [0.25, 0.3) is 11.8 Å². The third kappa shape index (κ3) is 4.20. The number of aromatic nitrogens is 2. The minimum Gasteiger partial charge on any atom is -0.337 e. The number of amides is 4. The van der Waals surface area contributed by atoms with E-state index in [1.807, 2.05) is 35.2 Å². The molecule has 2 fully saturated rings. The Hall–Kier alpha value is -3.60. The van der Waals surface area contributed by atoms with Crippen molar-refractivity contribution in [2.75, 3.05) is 19.6 Å². The highest BCUT2D eigenvalue weighted by Gasteiger charge is 2.55. The molecule has 2 saturated heterocycles. The molecule has 3 heterocycles. The van der Waals surface area contributed by atoms with Gasteiger partial charge in [0.15, 0.2) is 5.69 Å². The monoisotopic (exact) mass is 473 g/mol. The molecule has 3 aliphatic rings. The summed E-state index contributed by atoms with van der Waals surface area (Å²) in [5.74, 6) is 5.33. The Morgan fingerprint density at radius 2 is 1.94 bits per heavy atom. The van der Waals surface area contributed by atoms with E-state index in [0.717, 1.165) is 36.1 Å². The van der Waals surface area contributed by atoms with Gasteiger partial charge < -0.3 is 10.2 Å². The minimum atomic E-state index is -0.981. The van der Waals surface area contributed by atoms with Crippen molar-refractivity contribution in [3.05, 3.63) is 52.8 Å². The van der Waals surface area contributed by atoms with Crippen molar-refractivity contribution < 1.29 is 14.4 Å². The van der Waals surface area contributed by atoms with Crippen molar-refractivity contribution in [1.29, 1.82) is 0 Å². The number of likely N-dealkylation sites (tertiary alicyclic amines) is 1. The summed E-state index contributed by atoms with van der Waals surface area (Å²) < 4.78 is 0. The molecule has 8 nitrogen and oxygen atoms in total. The molecule has 4 amide bonds. The summed E-state index contributed by atoms with van der Waals surface area (Å²) in [6.07, 6.45) is 5.38. The quantitative estimate of drug-likeness (QED) is 0.498. The third-order valence-electron chi connectivity index (χ3n) is 7.75. The molecule has 8 heteroatoms. The van der Waals surface area contributed by atoms with Gasteiger partial charge >= 0.3 is 6.03 Å². The number of aryl methyl sites for hydroxylation is 2. The number of hydrogen-bond donors (Lipinski definition) is 2. The van der Waals surface area contributed by atoms with Gasteiger partial charge in [-0.2, -0.15) is 5.10 Å². The van der Waals surface area contributed by atoms with Gasteiger partial charge in [-0.1, -0.05) is 36.3 Å². The lowest BCUT2D eigenvalue weighted by Gasteiger charge is -2.41. The van der Waals surface area contributed by atoms with Crippen molar-refractivity contribution in [3.63, 3.8) is 0 Å². The van der Waals surface area contributed by atoms with E-state index in [-0.39, 0.29) is 30.3 Å². The smallest absolute Gasteiger partial charge is 0.325 e. The van der Waals surface area contributed by atoms with Crippen LogP contribution in [0.25, 0.3) is 0 Å². The summed E-state index contributed by atoms with van der Waals surface area (Å²) in [5.41, 5.74) is 2.83. The molecular weight excluding hydrogens is 442 g/mol. The summed E-state index contributed by atoms with van der Waals surface area (Å²) in [4.78, 5) is 42.8. The number of H-pyrrole nitrogens is 1. The molecule has 0 radical (unpaired) electrons. The molecule has 1 aromatic carbocycles. The van der Waals surface area contributed by atoms with Crippen LogP contribution in [0.1, 0.15) is 59.9 Å². The fourth-order valence-electron chi connectivity index (χ4n) is 5.80. The molecule has 1 aliphatic carbocycles. The first-order chi connectivity index (χ1) is 17.0. The number of urea groups is 1. The number of hydrogen-bond acceptors (Lipinski definition) is 4. The van der Waals surface area contributed by atoms with Gasteiger partial charge in [-0.25, -0.2) is 4.79 Å². The number of fused-ring (bicyclic) bond motifs is 1. The Kier molecular flexibility index (Phi) is 6.33. The van der Waals surface area contributed by atoms with Crippen molar-refractivity contribution in [3.8, 4) is 11.8 Å². The topological polar surface area (TPSA) is 98.4 Å². The van der Waals surface area contributed by atoms with E-state index in [1.165, 1.54) is 4.90 Å². The highest BCUT2D eigenvalue weighted by atomic mass is 16.2. The number of piperidine rings is 1. The summed E-state index contributed by atoms with van der Waals surface area (Å²) in [6.45, 7) is 2.87. The minimum absolute atomic E-state index is 0.0391. The van der Waals surface area contributed by atoms with Crippen molar-refractivity contribution >= 4 is 17.8 Å². The summed E-state index contributed by atoms with van der Waals surface area (Å²) >= 11 is 0. The van der Waals surface area contributed by atoms with Gasteiger partial charge in [-0.05, 0) is 63.4 Å². The lowest BCUT2D eigenvalue weighted by molar-refractivity contribution is -0.133. The van der Waals surface area contributed by atoms with E-state index in [2.05, 4.69) is 27.4 Å². The standard InChI is InChI=1S/C27H31N5O3/c1-2-3-16-32-25(34)27(28-26(32)35,15-12-19-8-5-4-6-9-19)20-13-17-31(18-14-20)24(33)23-21-10-7-11-22(21)29-30-23/h4-6,8-9,20H,7,10-18H2,1H3,(H,28,35)(H,29,30)/t27-/m0/s1. The van der Waals surface area contributed by atoms with Crippen molar-refractivity contribution in [2.45, 2.75) is 57.4 Å². The predicted octanol–water partition coefficient (Wildman–Crippen LogP) is 2.70. The van der Waals surface area contributed by atoms with Gasteiger partial charge in [0.05, 0.1) is 6.54 Å². The molecule has 1 atom stereocenters. The van der Waals surface area contributed by atoms with E-state index in [4.69, 9.17) is 0 Å². The Morgan fingerprint density at radius 1 is 1.17 bits per heavy atom. The fraction of sp³-hybridized carbons (Fsp3) is 0.481. The van der Waals surface area contributed by atoms with Crippen molar-refractivity contribution in [2.24, 2.45) is 5.92 Å². The maximum atomic E-state index is 13.7. The molecular formula is C27H31N5O3. The largest absolute Gasteiger partial charge is 0.337 e. The lowest BCUT2D eigenvalue weighted by Crippen LogP contribution is -2.57. The molecule has 2 aliphatic heterocycles. The number of imide groups is 1. The zero-order chi connectivity index (χ0) is 24.4. The van der Waals surface area contributed by atoms with Crippen LogP contribution in [0.4, 0.5) is 4.79 Å². The Bertz CT molecular complexity index is 1190. The fourth-order valence-corrected chi connectivity index (χ4v) is 5.80. The Morgan fingerprint density at radius 3 is 2.69 bits per heavy atom. The number of nitrogens with zero attached hydrogens (tertiary/aromatic N) is 3. The molecule has 182 valence electrons. The maximum Gasteiger partial charge on any atom is 0.325 e. The van der Waals surface area contributed by atoms with Crippen LogP contribution in [-0.4, -0.2) is 63.0 Å². The van der Waals surface area contributed by atoms with Crippen LogP contribution in [0.2, 0.25) is 0 Å². The van der Waals surface area contributed by atoms with E-state index in [0.29, 0.717) is 44.5 Å². The highest BCUT2D eigenvalue weighted by molar-refractivity contribution is 6.07.